The molecule has 0 saturated heterocycles. The first-order valence-corrected chi connectivity index (χ1v) is 8.84. The highest BCUT2D eigenvalue weighted by Gasteiger charge is 2.19. The number of nitrogens with zero attached hydrogens (tertiary/aromatic N) is 1. The number of carbonyl (C=O) groups excluding carboxylic acids is 2. The molecule has 144 valence electrons. The number of methoxy groups -OCH3 is 2. The van der Waals surface area contributed by atoms with E-state index in [1.807, 2.05) is 30.3 Å². The lowest BCUT2D eigenvalue weighted by molar-refractivity contribution is -0.121. The summed E-state index contributed by atoms with van der Waals surface area (Å²) in [6, 6.07) is 12.7. The number of nitrogens with one attached hydrogen (secondary N) is 1. The summed E-state index contributed by atoms with van der Waals surface area (Å²) in [5.74, 6) is 0.596. The molecule has 7 heteroatoms. The average Bonchev–Trinajstić information content (AvgIpc) is 2.65. The molecular formula is C20H23ClN2O4. The van der Waals surface area contributed by atoms with E-state index in [0.717, 1.165) is 5.56 Å². The monoisotopic (exact) mass is 390 g/mol. The molecule has 1 N–H and O–H groups in total. The highest BCUT2D eigenvalue weighted by atomic mass is 35.5. The van der Waals surface area contributed by atoms with Crippen molar-refractivity contribution in [3.8, 4) is 11.5 Å². The molecule has 2 amide bonds. The third-order valence-corrected chi connectivity index (χ3v) is 4.28. The first-order chi connectivity index (χ1) is 13.0. The van der Waals surface area contributed by atoms with Crippen molar-refractivity contribution in [2.24, 2.45) is 0 Å². The van der Waals surface area contributed by atoms with Crippen molar-refractivity contribution in [3.05, 3.63) is 53.1 Å². The van der Waals surface area contributed by atoms with Crippen LogP contribution < -0.4 is 19.7 Å². The van der Waals surface area contributed by atoms with Gasteiger partial charge in [0.25, 0.3) is 0 Å². The minimum atomic E-state index is -0.185. The van der Waals surface area contributed by atoms with E-state index in [9.17, 15) is 9.59 Å². The van der Waals surface area contributed by atoms with Crippen molar-refractivity contribution in [2.45, 2.75) is 13.3 Å². The van der Waals surface area contributed by atoms with Crippen molar-refractivity contribution in [1.29, 1.82) is 0 Å². The zero-order valence-corrected chi connectivity index (χ0v) is 16.4. The summed E-state index contributed by atoms with van der Waals surface area (Å²) in [4.78, 5) is 25.8. The Kier molecular flexibility index (Phi) is 7.49. The third kappa shape index (κ3) is 5.62. The van der Waals surface area contributed by atoms with E-state index in [1.165, 1.54) is 26.0 Å². The summed E-state index contributed by atoms with van der Waals surface area (Å²) in [5.41, 5.74) is 1.46. The normalized spacial score (nSPS) is 10.2. The summed E-state index contributed by atoms with van der Waals surface area (Å²) in [6.45, 7) is 2.04. The first-order valence-electron chi connectivity index (χ1n) is 8.46. The second-order valence-corrected chi connectivity index (χ2v) is 6.25. The van der Waals surface area contributed by atoms with Gasteiger partial charge in [0.2, 0.25) is 11.8 Å². The van der Waals surface area contributed by atoms with E-state index < -0.39 is 0 Å². The number of ether oxygens (including phenoxy) is 2. The molecule has 0 saturated carbocycles. The zero-order valence-electron chi connectivity index (χ0n) is 15.6. The summed E-state index contributed by atoms with van der Waals surface area (Å²) >= 11 is 6.12. The maximum Gasteiger partial charge on any atom is 0.224 e. The van der Waals surface area contributed by atoms with Gasteiger partial charge in [-0.3, -0.25) is 9.59 Å². The fourth-order valence-corrected chi connectivity index (χ4v) is 2.88. The molecule has 0 aliphatic carbocycles. The molecule has 2 rings (SSSR count). The Bertz CT molecular complexity index is 796. The van der Waals surface area contributed by atoms with Crippen molar-refractivity contribution in [1.82, 2.24) is 5.32 Å². The molecule has 0 fully saturated rings. The van der Waals surface area contributed by atoms with Crippen LogP contribution in [-0.4, -0.2) is 39.1 Å². The topological polar surface area (TPSA) is 67.9 Å². The van der Waals surface area contributed by atoms with Crippen molar-refractivity contribution < 1.29 is 19.1 Å². The number of anilines is 1. The van der Waals surface area contributed by atoms with Crippen LogP contribution >= 0.6 is 11.6 Å². The van der Waals surface area contributed by atoms with Crippen molar-refractivity contribution in [3.63, 3.8) is 0 Å². The van der Waals surface area contributed by atoms with Gasteiger partial charge < -0.3 is 19.7 Å². The van der Waals surface area contributed by atoms with Gasteiger partial charge in [-0.15, -0.1) is 0 Å². The quantitative estimate of drug-likeness (QED) is 0.752. The molecule has 0 aliphatic rings. The fourth-order valence-electron chi connectivity index (χ4n) is 2.65. The Morgan fingerprint density at radius 3 is 2.33 bits per heavy atom. The second kappa shape index (κ2) is 9.83. The standard InChI is InChI=1S/C20H23ClN2O4/c1-14(24)23(17-13-18(26-2)16(21)12-19(17)27-3)10-9-22-20(25)11-15-7-5-4-6-8-15/h4-8,12-13H,9-11H2,1-3H3,(H,22,25). The predicted octanol–water partition coefficient (Wildman–Crippen LogP) is 3.07. The van der Waals surface area contributed by atoms with Crippen molar-refractivity contribution >= 4 is 29.1 Å². The molecular weight excluding hydrogens is 368 g/mol. The Labute approximate surface area is 164 Å². The molecule has 0 spiro atoms. The Morgan fingerprint density at radius 2 is 1.74 bits per heavy atom. The van der Waals surface area contributed by atoms with E-state index in [1.54, 1.807) is 12.1 Å². The van der Waals surface area contributed by atoms with Crippen LogP contribution in [0.25, 0.3) is 0 Å². The minimum Gasteiger partial charge on any atom is -0.495 e. The Morgan fingerprint density at radius 1 is 1.07 bits per heavy atom. The van der Waals surface area contributed by atoms with Crippen LogP contribution in [0.5, 0.6) is 11.5 Å². The number of carbonyl (C=O) groups is 2. The smallest absolute Gasteiger partial charge is 0.224 e. The number of hydrogen-bond acceptors (Lipinski definition) is 4. The summed E-state index contributed by atoms with van der Waals surface area (Å²) < 4.78 is 10.6. The van der Waals surface area contributed by atoms with Gasteiger partial charge in [0.15, 0.2) is 0 Å². The molecule has 0 unspecified atom stereocenters. The molecule has 0 atom stereocenters. The second-order valence-electron chi connectivity index (χ2n) is 5.84. The van der Waals surface area contributed by atoms with E-state index in [-0.39, 0.29) is 18.4 Å². The van der Waals surface area contributed by atoms with Gasteiger partial charge in [0.05, 0.1) is 31.4 Å². The number of rotatable bonds is 8. The van der Waals surface area contributed by atoms with Crippen molar-refractivity contribution in [2.75, 3.05) is 32.2 Å². The van der Waals surface area contributed by atoms with Gasteiger partial charge in [-0.1, -0.05) is 41.9 Å². The molecule has 6 nitrogen and oxygen atoms in total. The first kappa shape index (κ1) is 20.6. The lowest BCUT2D eigenvalue weighted by atomic mass is 10.1. The van der Waals surface area contributed by atoms with Crippen LogP contribution in [0.2, 0.25) is 5.02 Å². The van der Waals surface area contributed by atoms with Crippen LogP contribution in [0.15, 0.2) is 42.5 Å². The number of halogens is 1. The Balaban J connectivity index is 2.06. The fraction of sp³-hybridized carbons (Fsp3) is 0.300. The molecule has 0 radical (unpaired) electrons. The van der Waals surface area contributed by atoms with E-state index in [4.69, 9.17) is 21.1 Å². The summed E-state index contributed by atoms with van der Waals surface area (Å²) in [5, 5.41) is 3.22. The van der Waals surface area contributed by atoms with E-state index in [2.05, 4.69) is 5.32 Å². The third-order valence-electron chi connectivity index (χ3n) is 3.99. The van der Waals surface area contributed by atoms with E-state index in [0.29, 0.717) is 35.2 Å². The van der Waals surface area contributed by atoms with Crippen LogP contribution in [0.3, 0.4) is 0 Å². The number of hydrogen-bond donors (Lipinski definition) is 1. The largest absolute Gasteiger partial charge is 0.495 e. The van der Waals surface area contributed by atoms with Crippen LogP contribution in [0, 0.1) is 0 Å². The molecule has 0 aliphatic heterocycles. The highest BCUT2D eigenvalue weighted by Crippen LogP contribution is 2.38. The molecule has 0 aromatic heterocycles. The SMILES string of the molecule is COc1cc(N(CCNC(=O)Cc2ccccc2)C(C)=O)c(OC)cc1Cl. The summed E-state index contributed by atoms with van der Waals surface area (Å²) in [6.07, 6.45) is 0.291. The van der Waals surface area contributed by atoms with Gasteiger partial charge in [0, 0.05) is 32.1 Å². The van der Waals surface area contributed by atoms with E-state index >= 15 is 0 Å². The molecule has 2 aromatic rings. The molecule has 27 heavy (non-hydrogen) atoms. The van der Waals surface area contributed by atoms with Crippen LogP contribution in [0.1, 0.15) is 12.5 Å². The molecule has 0 heterocycles. The highest BCUT2D eigenvalue weighted by molar-refractivity contribution is 6.32. The number of amides is 2. The zero-order chi connectivity index (χ0) is 19.8. The number of benzene rings is 2. The lowest BCUT2D eigenvalue weighted by Gasteiger charge is -2.24. The van der Waals surface area contributed by atoms with Crippen LogP contribution in [0.4, 0.5) is 5.69 Å². The maximum atomic E-state index is 12.1. The van der Waals surface area contributed by atoms with Gasteiger partial charge >= 0.3 is 0 Å². The Hall–Kier alpha value is -2.73. The van der Waals surface area contributed by atoms with Gasteiger partial charge in [-0.25, -0.2) is 0 Å². The minimum absolute atomic E-state index is 0.106. The predicted molar refractivity (Wildman–Crippen MR) is 106 cm³/mol. The maximum absolute atomic E-state index is 12.1. The van der Waals surface area contributed by atoms with Gasteiger partial charge in [-0.05, 0) is 5.56 Å². The van der Waals surface area contributed by atoms with Gasteiger partial charge in [0.1, 0.15) is 11.5 Å². The molecule has 2 aromatic carbocycles. The molecule has 0 bridgehead atoms. The summed E-state index contributed by atoms with van der Waals surface area (Å²) in [7, 11) is 3.00. The average molecular weight is 391 g/mol. The van der Waals surface area contributed by atoms with Gasteiger partial charge in [-0.2, -0.15) is 0 Å². The van der Waals surface area contributed by atoms with Crippen LogP contribution in [-0.2, 0) is 16.0 Å². The lowest BCUT2D eigenvalue weighted by Crippen LogP contribution is -2.38.